The van der Waals surface area contributed by atoms with Gasteiger partial charge in [0.25, 0.3) is 0 Å². The van der Waals surface area contributed by atoms with E-state index in [2.05, 4.69) is 10.1 Å². The fourth-order valence-electron chi connectivity index (χ4n) is 2.58. The van der Waals surface area contributed by atoms with Gasteiger partial charge in [-0.15, -0.1) is 0 Å². The van der Waals surface area contributed by atoms with Crippen LogP contribution >= 0.6 is 0 Å². The molecular formula is C21H20N2O2. The lowest BCUT2D eigenvalue weighted by molar-refractivity contribution is 0.213. The van der Waals surface area contributed by atoms with Crippen molar-refractivity contribution in [2.45, 2.75) is 13.5 Å². The van der Waals surface area contributed by atoms with Gasteiger partial charge in [0.2, 0.25) is 0 Å². The zero-order valence-corrected chi connectivity index (χ0v) is 14.3. The van der Waals surface area contributed by atoms with Crippen molar-refractivity contribution in [3.8, 4) is 5.75 Å². The van der Waals surface area contributed by atoms with Crippen molar-refractivity contribution < 1.29 is 9.57 Å². The van der Waals surface area contributed by atoms with Crippen LogP contribution < -0.4 is 4.74 Å². The molecule has 0 aliphatic rings. The van der Waals surface area contributed by atoms with E-state index in [9.17, 15) is 0 Å². The first kappa shape index (κ1) is 16.7. The summed E-state index contributed by atoms with van der Waals surface area (Å²) in [4.78, 5) is 9.45. The molecule has 0 unspecified atom stereocenters. The number of hydrogen-bond donors (Lipinski definition) is 0. The summed E-state index contributed by atoms with van der Waals surface area (Å²) in [6, 6.07) is 21.7. The number of pyridine rings is 1. The molecule has 0 radical (unpaired) electrons. The average molecular weight is 332 g/mol. The first-order valence-electron chi connectivity index (χ1n) is 8.09. The van der Waals surface area contributed by atoms with E-state index < -0.39 is 0 Å². The van der Waals surface area contributed by atoms with E-state index in [1.807, 2.05) is 73.7 Å². The van der Waals surface area contributed by atoms with Gasteiger partial charge in [0.05, 0.1) is 5.69 Å². The second-order valence-electron chi connectivity index (χ2n) is 5.55. The first-order chi connectivity index (χ1) is 12.3. The number of oxime groups is 1. The predicted molar refractivity (Wildman–Crippen MR) is 98.8 cm³/mol. The monoisotopic (exact) mass is 332 g/mol. The topological polar surface area (TPSA) is 43.7 Å². The maximum absolute atomic E-state index is 6.01. The molecule has 4 heteroatoms. The lowest BCUT2D eigenvalue weighted by Gasteiger charge is -2.13. The van der Waals surface area contributed by atoms with Gasteiger partial charge in [-0.05, 0) is 36.2 Å². The molecule has 25 heavy (non-hydrogen) atoms. The Labute approximate surface area is 147 Å². The van der Waals surface area contributed by atoms with E-state index in [1.54, 1.807) is 6.20 Å². The van der Waals surface area contributed by atoms with E-state index in [0.29, 0.717) is 12.3 Å². The quantitative estimate of drug-likeness (QED) is 0.497. The van der Waals surface area contributed by atoms with Crippen LogP contribution in [0.3, 0.4) is 0 Å². The van der Waals surface area contributed by atoms with Crippen LogP contribution in [-0.4, -0.2) is 17.8 Å². The number of nitrogens with zero attached hydrogens (tertiary/aromatic N) is 2. The third-order valence-corrected chi connectivity index (χ3v) is 3.84. The van der Waals surface area contributed by atoms with Crippen molar-refractivity contribution in [3.05, 3.63) is 95.3 Å². The Kier molecular flexibility index (Phi) is 5.42. The van der Waals surface area contributed by atoms with Gasteiger partial charge in [0.1, 0.15) is 25.2 Å². The van der Waals surface area contributed by atoms with E-state index in [4.69, 9.17) is 9.57 Å². The molecule has 0 bridgehead atoms. The number of ether oxygens (including phenoxy) is 1. The second kappa shape index (κ2) is 8.11. The average Bonchev–Trinajstić information content (AvgIpc) is 2.66. The Balaban J connectivity index is 1.92. The Morgan fingerprint density at radius 2 is 1.72 bits per heavy atom. The third kappa shape index (κ3) is 4.04. The number of para-hydroxylation sites is 1. The molecule has 1 heterocycles. The molecule has 0 saturated heterocycles. The van der Waals surface area contributed by atoms with Gasteiger partial charge in [-0.1, -0.05) is 53.7 Å². The highest BCUT2D eigenvalue weighted by Crippen LogP contribution is 2.20. The number of benzene rings is 2. The molecule has 126 valence electrons. The number of hydrogen-bond acceptors (Lipinski definition) is 4. The van der Waals surface area contributed by atoms with Crippen molar-refractivity contribution in [2.75, 3.05) is 7.11 Å². The maximum atomic E-state index is 6.01. The molecule has 3 aromatic rings. The van der Waals surface area contributed by atoms with E-state index in [1.165, 1.54) is 7.11 Å². The van der Waals surface area contributed by atoms with Gasteiger partial charge in [-0.3, -0.25) is 4.98 Å². The van der Waals surface area contributed by atoms with Crippen LogP contribution in [-0.2, 0) is 11.4 Å². The standard InChI is InChI=1S/C21H20N2O2/c1-16-9-3-6-13-20(16)25-15-17-10-4-5-11-18(17)21(23-24-2)19-12-7-8-14-22-19/h3-14H,15H2,1-2H3. The minimum atomic E-state index is 0.441. The van der Waals surface area contributed by atoms with E-state index >= 15 is 0 Å². The Morgan fingerprint density at radius 1 is 0.960 bits per heavy atom. The summed E-state index contributed by atoms with van der Waals surface area (Å²) >= 11 is 0. The number of aromatic nitrogens is 1. The van der Waals surface area contributed by atoms with Crippen LogP contribution in [0.15, 0.2) is 78.1 Å². The van der Waals surface area contributed by atoms with Crippen molar-refractivity contribution in [3.63, 3.8) is 0 Å². The minimum Gasteiger partial charge on any atom is -0.489 e. The molecule has 0 aliphatic heterocycles. The van der Waals surface area contributed by atoms with Crippen molar-refractivity contribution in [1.29, 1.82) is 0 Å². The lowest BCUT2D eigenvalue weighted by Crippen LogP contribution is -2.11. The summed E-state index contributed by atoms with van der Waals surface area (Å²) in [7, 11) is 1.54. The van der Waals surface area contributed by atoms with Gasteiger partial charge in [-0.2, -0.15) is 0 Å². The Hall–Kier alpha value is -3.14. The number of rotatable bonds is 6. The van der Waals surface area contributed by atoms with Gasteiger partial charge in [0.15, 0.2) is 0 Å². The SMILES string of the molecule is CON=C(c1ccccn1)c1ccccc1COc1ccccc1C. The minimum absolute atomic E-state index is 0.441. The molecule has 0 fully saturated rings. The zero-order chi connectivity index (χ0) is 17.5. The van der Waals surface area contributed by atoms with Crippen LogP contribution in [0.25, 0.3) is 0 Å². The summed E-state index contributed by atoms with van der Waals surface area (Å²) in [6.45, 7) is 2.48. The molecule has 1 aromatic heterocycles. The highest BCUT2D eigenvalue weighted by atomic mass is 16.6. The molecule has 0 N–H and O–H groups in total. The molecule has 0 atom stereocenters. The molecule has 0 saturated carbocycles. The molecule has 3 rings (SSSR count). The van der Waals surface area contributed by atoms with Gasteiger partial charge < -0.3 is 9.57 Å². The molecule has 4 nitrogen and oxygen atoms in total. The fourth-order valence-corrected chi connectivity index (χ4v) is 2.58. The van der Waals surface area contributed by atoms with Crippen molar-refractivity contribution >= 4 is 5.71 Å². The van der Waals surface area contributed by atoms with Crippen molar-refractivity contribution in [2.24, 2.45) is 5.16 Å². The summed E-state index contributed by atoms with van der Waals surface area (Å²) in [5, 5.41) is 4.20. The molecule has 0 spiro atoms. The molecular weight excluding hydrogens is 312 g/mol. The highest BCUT2D eigenvalue weighted by molar-refractivity contribution is 6.12. The van der Waals surface area contributed by atoms with E-state index in [0.717, 1.165) is 28.1 Å². The van der Waals surface area contributed by atoms with E-state index in [-0.39, 0.29) is 0 Å². The molecule has 0 amide bonds. The third-order valence-electron chi connectivity index (χ3n) is 3.84. The van der Waals surface area contributed by atoms with Crippen LogP contribution in [0, 0.1) is 6.92 Å². The maximum Gasteiger partial charge on any atom is 0.136 e. The Morgan fingerprint density at radius 3 is 2.48 bits per heavy atom. The zero-order valence-electron chi connectivity index (χ0n) is 14.3. The van der Waals surface area contributed by atoms with Gasteiger partial charge in [-0.25, -0.2) is 0 Å². The first-order valence-corrected chi connectivity index (χ1v) is 8.09. The second-order valence-corrected chi connectivity index (χ2v) is 5.55. The summed E-state index contributed by atoms with van der Waals surface area (Å²) < 4.78 is 6.01. The summed E-state index contributed by atoms with van der Waals surface area (Å²) in [6.07, 6.45) is 1.74. The van der Waals surface area contributed by atoms with Crippen LogP contribution in [0.5, 0.6) is 5.75 Å². The molecule has 0 aliphatic carbocycles. The highest BCUT2D eigenvalue weighted by Gasteiger charge is 2.14. The van der Waals surface area contributed by atoms with Crippen LogP contribution in [0.4, 0.5) is 0 Å². The Bertz CT molecular complexity index is 861. The molecule has 2 aromatic carbocycles. The van der Waals surface area contributed by atoms with Crippen LogP contribution in [0.1, 0.15) is 22.4 Å². The van der Waals surface area contributed by atoms with Gasteiger partial charge >= 0.3 is 0 Å². The van der Waals surface area contributed by atoms with Gasteiger partial charge in [0, 0.05) is 11.8 Å². The normalized spacial score (nSPS) is 11.2. The lowest BCUT2D eigenvalue weighted by atomic mass is 10.0. The summed E-state index contributed by atoms with van der Waals surface area (Å²) in [5.41, 5.74) is 4.51. The van der Waals surface area contributed by atoms with Crippen molar-refractivity contribution in [1.82, 2.24) is 4.98 Å². The number of aryl methyl sites for hydroxylation is 1. The summed E-state index contributed by atoms with van der Waals surface area (Å²) in [5.74, 6) is 0.875. The fraction of sp³-hybridized carbons (Fsp3) is 0.143. The van der Waals surface area contributed by atoms with Crippen LogP contribution in [0.2, 0.25) is 0 Å². The smallest absolute Gasteiger partial charge is 0.136 e. The predicted octanol–water partition coefficient (Wildman–Crippen LogP) is 4.37. The largest absolute Gasteiger partial charge is 0.489 e.